The van der Waals surface area contributed by atoms with Crippen molar-refractivity contribution >= 4 is 10.0 Å². The second-order valence-electron chi connectivity index (χ2n) is 7.15. The predicted octanol–water partition coefficient (Wildman–Crippen LogP) is 3.31. The van der Waals surface area contributed by atoms with Crippen molar-refractivity contribution in [1.82, 2.24) is 14.1 Å². The fraction of sp³-hybridized carbons (Fsp3) is 0.318. The first kappa shape index (κ1) is 19.7. The number of hydrogen-bond acceptors (Lipinski definition) is 4. The highest BCUT2D eigenvalue weighted by Crippen LogP contribution is 2.29. The lowest BCUT2D eigenvalue weighted by atomic mass is 10.1. The number of benzene rings is 2. The van der Waals surface area contributed by atoms with Crippen LogP contribution in [0.4, 0.5) is 0 Å². The fourth-order valence-corrected chi connectivity index (χ4v) is 5.52. The van der Waals surface area contributed by atoms with E-state index < -0.39 is 10.0 Å². The Morgan fingerprint density at radius 3 is 2.55 bits per heavy atom. The molecule has 1 aliphatic rings. The highest BCUT2D eigenvalue weighted by atomic mass is 32.2. The molecule has 0 N–H and O–H groups in total. The van der Waals surface area contributed by atoms with E-state index in [1.54, 1.807) is 16.4 Å². The van der Waals surface area contributed by atoms with Gasteiger partial charge in [-0.15, -0.1) is 0 Å². The van der Waals surface area contributed by atoms with Crippen molar-refractivity contribution in [3.63, 3.8) is 0 Å². The molecule has 0 spiro atoms. The smallest absolute Gasteiger partial charge is 0.243 e. The molecule has 29 heavy (non-hydrogen) atoms. The van der Waals surface area contributed by atoms with Gasteiger partial charge in [0.2, 0.25) is 10.0 Å². The van der Waals surface area contributed by atoms with Gasteiger partial charge in [-0.25, -0.2) is 8.42 Å². The molecule has 0 atom stereocenters. The minimum absolute atomic E-state index is 0.312. The standard InChI is InChI=1S/C22H25N3O3S/c1-3-17-9-7-8-12-22(17)29(26,27)25-14-13-21-19(15-25)20(23-24(21)2)16-28-18-10-5-4-6-11-18/h4-12H,3,13-16H2,1-2H3. The molecular weight excluding hydrogens is 386 g/mol. The topological polar surface area (TPSA) is 64.4 Å². The number of rotatable bonds is 6. The van der Waals surface area contributed by atoms with Crippen molar-refractivity contribution in [2.45, 2.75) is 37.8 Å². The zero-order valence-electron chi connectivity index (χ0n) is 16.7. The summed E-state index contributed by atoms with van der Waals surface area (Å²) in [7, 11) is -1.66. The maximum absolute atomic E-state index is 13.3. The number of para-hydroxylation sites is 1. The number of hydrogen-bond donors (Lipinski definition) is 0. The van der Waals surface area contributed by atoms with Crippen LogP contribution >= 0.6 is 0 Å². The lowest BCUT2D eigenvalue weighted by Gasteiger charge is -2.27. The summed E-state index contributed by atoms with van der Waals surface area (Å²) in [6.07, 6.45) is 1.31. The van der Waals surface area contributed by atoms with Crippen molar-refractivity contribution in [3.05, 3.63) is 77.1 Å². The van der Waals surface area contributed by atoms with Crippen LogP contribution in [-0.4, -0.2) is 29.0 Å². The summed E-state index contributed by atoms with van der Waals surface area (Å²) in [5.74, 6) is 0.768. The van der Waals surface area contributed by atoms with Gasteiger partial charge in [0.25, 0.3) is 0 Å². The van der Waals surface area contributed by atoms with E-state index in [1.807, 2.05) is 61.1 Å². The van der Waals surface area contributed by atoms with Crippen LogP contribution in [0, 0.1) is 0 Å². The molecular formula is C22H25N3O3S. The molecule has 0 bridgehead atoms. The predicted molar refractivity (Wildman–Crippen MR) is 111 cm³/mol. The largest absolute Gasteiger partial charge is 0.487 e. The highest BCUT2D eigenvalue weighted by molar-refractivity contribution is 7.89. The normalized spacial score (nSPS) is 14.6. The van der Waals surface area contributed by atoms with E-state index in [-0.39, 0.29) is 0 Å². The third-order valence-corrected chi connectivity index (χ3v) is 7.33. The van der Waals surface area contributed by atoms with Gasteiger partial charge in [0.1, 0.15) is 18.1 Å². The van der Waals surface area contributed by atoms with E-state index in [2.05, 4.69) is 5.10 Å². The molecule has 152 valence electrons. The molecule has 2 aromatic carbocycles. The Hall–Kier alpha value is -2.64. The van der Waals surface area contributed by atoms with E-state index in [9.17, 15) is 8.42 Å². The number of nitrogens with zero attached hydrogens (tertiary/aromatic N) is 3. The quantitative estimate of drug-likeness (QED) is 0.624. The van der Waals surface area contributed by atoms with Gasteiger partial charge < -0.3 is 4.74 Å². The fourth-order valence-electron chi connectivity index (χ4n) is 3.82. The maximum Gasteiger partial charge on any atom is 0.243 e. The van der Waals surface area contributed by atoms with Gasteiger partial charge in [0.05, 0.1) is 4.90 Å². The van der Waals surface area contributed by atoms with Gasteiger partial charge in [0, 0.05) is 37.8 Å². The van der Waals surface area contributed by atoms with Crippen molar-refractivity contribution in [3.8, 4) is 5.75 Å². The van der Waals surface area contributed by atoms with E-state index in [1.165, 1.54) is 0 Å². The second kappa shape index (κ2) is 8.00. The van der Waals surface area contributed by atoms with Crippen molar-refractivity contribution in [2.24, 2.45) is 7.05 Å². The van der Waals surface area contributed by atoms with Crippen LogP contribution in [0.1, 0.15) is 29.4 Å². The van der Waals surface area contributed by atoms with Crippen LogP contribution < -0.4 is 4.74 Å². The lowest BCUT2D eigenvalue weighted by molar-refractivity contribution is 0.296. The van der Waals surface area contributed by atoms with Gasteiger partial charge in [-0.05, 0) is 30.2 Å². The van der Waals surface area contributed by atoms with Crippen LogP contribution in [0.3, 0.4) is 0 Å². The highest BCUT2D eigenvalue weighted by Gasteiger charge is 2.32. The third-order valence-electron chi connectivity index (χ3n) is 5.38. The molecule has 2 heterocycles. The summed E-state index contributed by atoms with van der Waals surface area (Å²) in [5.41, 5.74) is 3.66. The molecule has 0 radical (unpaired) electrons. The number of aryl methyl sites for hydroxylation is 2. The molecule has 0 saturated heterocycles. The van der Waals surface area contributed by atoms with Crippen molar-refractivity contribution < 1.29 is 13.2 Å². The lowest BCUT2D eigenvalue weighted by Crippen LogP contribution is -2.37. The van der Waals surface area contributed by atoms with Crippen LogP contribution in [0.2, 0.25) is 0 Å². The molecule has 0 unspecified atom stereocenters. The zero-order chi connectivity index (χ0) is 20.4. The van der Waals surface area contributed by atoms with Crippen LogP contribution in [0.15, 0.2) is 59.5 Å². The molecule has 6 nitrogen and oxygen atoms in total. The molecule has 1 aliphatic heterocycles. The minimum atomic E-state index is -3.57. The Labute approximate surface area is 171 Å². The van der Waals surface area contributed by atoms with Gasteiger partial charge in [0.15, 0.2) is 0 Å². The maximum atomic E-state index is 13.3. The Bertz CT molecular complexity index is 1110. The Balaban J connectivity index is 1.61. The van der Waals surface area contributed by atoms with E-state index >= 15 is 0 Å². The molecule has 7 heteroatoms. The molecule has 0 fully saturated rings. The number of fused-ring (bicyclic) bond motifs is 1. The van der Waals surface area contributed by atoms with Gasteiger partial charge >= 0.3 is 0 Å². The van der Waals surface area contributed by atoms with Gasteiger partial charge in [-0.3, -0.25) is 4.68 Å². The Morgan fingerprint density at radius 2 is 1.79 bits per heavy atom. The third kappa shape index (κ3) is 3.80. The van der Waals surface area contributed by atoms with Crippen molar-refractivity contribution in [2.75, 3.05) is 6.54 Å². The molecule has 1 aromatic heterocycles. The zero-order valence-corrected chi connectivity index (χ0v) is 17.5. The SMILES string of the molecule is CCc1ccccc1S(=O)(=O)N1CCc2c(c(COc3ccccc3)nn2C)C1. The molecule has 0 amide bonds. The number of ether oxygens (including phenoxy) is 1. The summed E-state index contributed by atoms with van der Waals surface area (Å²) < 4.78 is 36.0. The van der Waals surface area contributed by atoms with Gasteiger partial charge in [-0.1, -0.05) is 43.3 Å². The second-order valence-corrected chi connectivity index (χ2v) is 9.05. The van der Waals surface area contributed by atoms with Crippen LogP contribution in [0.5, 0.6) is 5.75 Å². The van der Waals surface area contributed by atoms with Gasteiger partial charge in [-0.2, -0.15) is 9.40 Å². The summed E-state index contributed by atoms with van der Waals surface area (Å²) in [6, 6.07) is 16.8. The summed E-state index contributed by atoms with van der Waals surface area (Å²) in [5, 5.41) is 4.60. The monoisotopic (exact) mass is 411 g/mol. The summed E-state index contributed by atoms with van der Waals surface area (Å²) >= 11 is 0. The summed E-state index contributed by atoms with van der Waals surface area (Å²) in [4.78, 5) is 0.400. The molecule has 3 aromatic rings. The number of aromatic nitrogens is 2. The van der Waals surface area contributed by atoms with E-state index in [4.69, 9.17) is 4.74 Å². The molecule has 0 aliphatic carbocycles. The van der Waals surface area contributed by atoms with Crippen LogP contribution in [0.25, 0.3) is 0 Å². The summed E-state index contributed by atoms with van der Waals surface area (Å²) in [6.45, 7) is 3.05. The Morgan fingerprint density at radius 1 is 1.07 bits per heavy atom. The average Bonchev–Trinajstić information content (AvgIpc) is 3.08. The van der Waals surface area contributed by atoms with Crippen molar-refractivity contribution in [1.29, 1.82) is 0 Å². The molecule has 0 saturated carbocycles. The minimum Gasteiger partial charge on any atom is -0.487 e. The van der Waals surface area contributed by atoms with Crippen LogP contribution in [-0.2, 0) is 43.1 Å². The molecule has 4 rings (SSSR count). The first-order chi connectivity index (χ1) is 14.0. The number of sulfonamides is 1. The average molecular weight is 412 g/mol. The van der Waals surface area contributed by atoms with E-state index in [0.717, 1.165) is 28.3 Å². The van der Waals surface area contributed by atoms with E-state index in [0.29, 0.717) is 37.4 Å². The first-order valence-electron chi connectivity index (χ1n) is 9.80. The Kier molecular flexibility index (Phi) is 5.43. The first-order valence-corrected chi connectivity index (χ1v) is 11.2.